The Kier molecular flexibility index (Phi) is 12.9. The molecule has 320 valence electrons. The first kappa shape index (κ1) is 43.5. The molecule has 7 nitrogen and oxygen atoms in total. The molecule has 6 aromatic rings. The van der Waals surface area contributed by atoms with Gasteiger partial charge in [-0.3, -0.25) is 14.4 Å². The molecule has 2 aliphatic heterocycles. The second-order valence-corrected chi connectivity index (χ2v) is 16.6. The van der Waals surface area contributed by atoms with Gasteiger partial charge < -0.3 is 20.0 Å². The van der Waals surface area contributed by atoms with E-state index in [0.29, 0.717) is 46.5 Å². The molecule has 2 atom stereocenters. The number of aliphatic hydroxyl groups is 2. The lowest BCUT2D eigenvalue weighted by Crippen LogP contribution is -2.26. The Morgan fingerprint density at radius 1 is 0.422 bits per heavy atom. The van der Waals surface area contributed by atoms with E-state index in [1.54, 1.807) is 0 Å². The van der Waals surface area contributed by atoms with Crippen molar-refractivity contribution in [3.05, 3.63) is 248 Å². The SMILES string of the molecule is Cc1cccc(C2C(C(=O)c3ccccc3)=CN(CCO)C=C2c2ccc(C(=O)c3ccc(C4=CN(CCO)C=C(C(=O)c5ccccc5)C4c4cccc(C)c4C)cc3)cc2)c1C. The molecule has 0 saturated carbocycles. The number of aliphatic hydroxyl groups excluding tert-OH is 2. The smallest absolute Gasteiger partial charge is 0.193 e. The molecule has 2 N–H and O–H groups in total. The number of carbonyl (C=O) groups is 3. The summed E-state index contributed by atoms with van der Waals surface area (Å²) in [6.07, 6.45) is 7.72. The number of benzene rings is 6. The number of carbonyl (C=O) groups excluding carboxylic acids is 3. The number of ketones is 3. The summed E-state index contributed by atoms with van der Waals surface area (Å²) in [5.74, 6) is -1.12. The molecule has 0 fully saturated rings. The molecule has 64 heavy (non-hydrogen) atoms. The predicted molar refractivity (Wildman–Crippen MR) is 255 cm³/mol. The molecule has 0 saturated heterocycles. The van der Waals surface area contributed by atoms with Crippen molar-refractivity contribution in [2.24, 2.45) is 0 Å². The van der Waals surface area contributed by atoms with Crippen LogP contribution in [0.3, 0.4) is 0 Å². The van der Waals surface area contributed by atoms with Crippen LogP contribution in [0.2, 0.25) is 0 Å². The molecule has 0 radical (unpaired) electrons. The average molecular weight is 845 g/mol. The van der Waals surface area contributed by atoms with Gasteiger partial charge in [0.2, 0.25) is 0 Å². The number of Topliss-reactive ketones (excluding diaryl/α,β-unsaturated/α-hetero) is 2. The molecular weight excluding hydrogens is 793 g/mol. The summed E-state index contributed by atoms with van der Waals surface area (Å²) in [6.45, 7) is 8.73. The largest absolute Gasteiger partial charge is 0.395 e. The van der Waals surface area contributed by atoms with Crippen LogP contribution < -0.4 is 0 Å². The molecule has 0 spiro atoms. The molecule has 0 aliphatic carbocycles. The Morgan fingerprint density at radius 2 is 0.781 bits per heavy atom. The minimum Gasteiger partial charge on any atom is -0.395 e. The zero-order valence-electron chi connectivity index (χ0n) is 36.7. The van der Waals surface area contributed by atoms with Crippen molar-refractivity contribution in [1.29, 1.82) is 0 Å². The van der Waals surface area contributed by atoms with Crippen LogP contribution in [0, 0.1) is 27.7 Å². The minimum atomic E-state index is -0.398. The molecule has 8 rings (SSSR count). The lowest BCUT2D eigenvalue weighted by Gasteiger charge is -2.33. The number of β-amino-alcohol motifs (C(OH)–C–C–N with tert-alkyl or cyclic N) is 2. The molecule has 6 aromatic carbocycles. The highest BCUT2D eigenvalue weighted by Gasteiger charge is 2.35. The summed E-state index contributed by atoms with van der Waals surface area (Å²) in [6, 6.07) is 46.0. The monoisotopic (exact) mass is 844 g/mol. The first-order valence-corrected chi connectivity index (χ1v) is 21.7. The molecule has 2 heterocycles. The number of nitrogens with zero attached hydrogens (tertiary/aromatic N) is 2. The van der Waals surface area contributed by atoms with Gasteiger partial charge in [-0.15, -0.1) is 0 Å². The second-order valence-electron chi connectivity index (χ2n) is 16.6. The maximum absolute atomic E-state index is 14.3. The first-order chi connectivity index (χ1) is 31.1. The summed E-state index contributed by atoms with van der Waals surface area (Å²) in [5, 5.41) is 20.0. The van der Waals surface area contributed by atoms with Crippen molar-refractivity contribution < 1.29 is 24.6 Å². The van der Waals surface area contributed by atoms with E-state index >= 15 is 0 Å². The Balaban J connectivity index is 1.13. The standard InChI is InChI=1S/C57H52N2O5/c1-37-13-11-19-47(39(37)3)53-49(33-58(29-31-60)35-51(53)56(63)43-15-7-5-8-16-43)41-21-25-45(26-22-41)55(62)46-27-23-42(24-28-46)50-34-59(30-32-61)36-52(57(64)44-17-9-6-10-18-44)54(50)48-20-12-14-38(2)40(48)4/h5-28,33-36,53-54,60-61H,29-32H2,1-4H3. The number of aryl methyl sites for hydroxylation is 2. The fourth-order valence-electron chi connectivity index (χ4n) is 8.92. The minimum absolute atomic E-state index is 0.0873. The third-order valence-electron chi connectivity index (χ3n) is 12.7. The van der Waals surface area contributed by atoms with Gasteiger partial charge in [0.05, 0.1) is 13.2 Å². The van der Waals surface area contributed by atoms with Gasteiger partial charge >= 0.3 is 0 Å². The van der Waals surface area contributed by atoms with Crippen molar-refractivity contribution in [3.63, 3.8) is 0 Å². The lowest BCUT2D eigenvalue weighted by atomic mass is 9.75. The van der Waals surface area contributed by atoms with Crippen molar-refractivity contribution in [2.75, 3.05) is 26.3 Å². The molecule has 0 aromatic heterocycles. The molecular formula is C57H52N2O5. The highest BCUT2D eigenvalue weighted by Crippen LogP contribution is 2.46. The Bertz CT molecular complexity index is 2640. The maximum Gasteiger partial charge on any atom is 0.193 e. The van der Waals surface area contributed by atoms with Crippen molar-refractivity contribution in [2.45, 2.75) is 39.5 Å². The van der Waals surface area contributed by atoms with Crippen LogP contribution >= 0.6 is 0 Å². The average Bonchev–Trinajstić information content (AvgIpc) is 3.33. The van der Waals surface area contributed by atoms with Gasteiger partial charge in [-0.2, -0.15) is 0 Å². The summed E-state index contributed by atoms with van der Waals surface area (Å²) in [7, 11) is 0. The van der Waals surface area contributed by atoms with E-state index in [-0.39, 0.29) is 30.6 Å². The normalized spacial score (nSPS) is 16.1. The zero-order valence-corrected chi connectivity index (χ0v) is 36.7. The lowest BCUT2D eigenvalue weighted by molar-refractivity contribution is 0.101. The Labute approximate surface area is 375 Å². The summed E-state index contributed by atoms with van der Waals surface area (Å²) in [5.41, 5.74) is 13.4. The molecule has 0 amide bonds. The molecule has 0 bridgehead atoms. The fourth-order valence-corrected chi connectivity index (χ4v) is 8.92. The molecule has 2 aliphatic rings. The van der Waals surface area contributed by atoms with Gasteiger partial charge in [0.15, 0.2) is 17.3 Å². The van der Waals surface area contributed by atoms with Crippen LogP contribution in [-0.2, 0) is 0 Å². The van der Waals surface area contributed by atoms with Crippen LogP contribution in [0.5, 0.6) is 0 Å². The van der Waals surface area contributed by atoms with E-state index in [1.807, 2.05) is 156 Å². The van der Waals surface area contributed by atoms with Crippen molar-refractivity contribution in [3.8, 4) is 0 Å². The van der Waals surface area contributed by atoms with E-state index in [2.05, 4.69) is 52.0 Å². The highest BCUT2D eigenvalue weighted by molar-refractivity contribution is 6.13. The van der Waals surface area contributed by atoms with E-state index in [9.17, 15) is 24.6 Å². The van der Waals surface area contributed by atoms with Crippen LogP contribution in [0.1, 0.15) is 93.0 Å². The topological polar surface area (TPSA) is 98.2 Å². The van der Waals surface area contributed by atoms with Crippen molar-refractivity contribution >= 4 is 28.5 Å². The highest BCUT2D eigenvalue weighted by atomic mass is 16.3. The number of rotatable bonds is 14. The van der Waals surface area contributed by atoms with Crippen LogP contribution in [0.25, 0.3) is 11.1 Å². The van der Waals surface area contributed by atoms with Gasteiger partial charge in [-0.05, 0) is 83.3 Å². The molecule has 2 unspecified atom stereocenters. The Hall–Kier alpha value is -7.19. The number of allylic oxidation sites excluding steroid dienone is 4. The number of hydrogen-bond donors (Lipinski definition) is 2. The zero-order chi connectivity index (χ0) is 44.9. The fraction of sp³-hybridized carbons (Fsp3) is 0.175. The summed E-state index contributed by atoms with van der Waals surface area (Å²) < 4.78 is 0. The third kappa shape index (κ3) is 8.73. The van der Waals surface area contributed by atoms with Crippen LogP contribution in [-0.4, -0.2) is 63.7 Å². The second kappa shape index (κ2) is 19.1. The number of hydrogen-bond acceptors (Lipinski definition) is 7. The quantitative estimate of drug-likeness (QED) is 0.105. The van der Waals surface area contributed by atoms with Gasteiger partial charge in [0, 0.05) is 83.1 Å². The first-order valence-electron chi connectivity index (χ1n) is 21.7. The summed E-state index contributed by atoms with van der Waals surface area (Å²) >= 11 is 0. The van der Waals surface area contributed by atoms with Crippen LogP contribution in [0.4, 0.5) is 0 Å². The van der Waals surface area contributed by atoms with E-state index in [4.69, 9.17) is 0 Å². The third-order valence-corrected chi connectivity index (χ3v) is 12.7. The Morgan fingerprint density at radius 3 is 1.14 bits per heavy atom. The summed E-state index contributed by atoms with van der Waals surface area (Å²) in [4.78, 5) is 46.6. The van der Waals surface area contributed by atoms with Crippen molar-refractivity contribution in [1.82, 2.24) is 9.80 Å². The molecule has 7 heteroatoms. The van der Waals surface area contributed by atoms with E-state index in [1.165, 1.54) is 0 Å². The predicted octanol–water partition coefficient (Wildman–Crippen LogP) is 10.6. The van der Waals surface area contributed by atoms with E-state index < -0.39 is 11.8 Å². The van der Waals surface area contributed by atoms with Gasteiger partial charge in [-0.25, -0.2) is 0 Å². The van der Waals surface area contributed by atoms with Crippen LogP contribution in [0.15, 0.2) is 182 Å². The maximum atomic E-state index is 14.3. The van der Waals surface area contributed by atoms with Gasteiger partial charge in [0.1, 0.15) is 0 Å². The van der Waals surface area contributed by atoms with E-state index in [0.717, 1.165) is 55.7 Å². The van der Waals surface area contributed by atoms with Gasteiger partial charge in [0.25, 0.3) is 0 Å². The van der Waals surface area contributed by atoms with Gasteiger partial charge in [-0.1, -0.05) is 146 Å².